The summed E-state index contributed by atoms with van der Waals surface area (Å²) in [5.74, 6) is -0.656. The number of hydrogen-bond donors (Lipinski definition) is 1. The molecule has 1 N–H and O–H groups in total. The first-order valence-corrected chi connectivity index (χ1v) is 10.2. The third-order valence-corrected chi connectivity index (χ3v) is 5.61. The van der Waals surface area contributed by atoms with E-state index in [4.69, 9.17) is 4.74 Å². The Morgan fingerprint density at radius 3 is 2.73 bits per heavy atom. The lowest BCUT2D eigenvalue weighted by Crippen LogP contribution is -2.37. The zero-order valence-corrected chi connectivity index (χ0v) is 16.4. The van der Waals surface area contributed by atoms with Crippen LogP contribution in [0.15, 0.2) is 54.9 Å². The van der Waals surface area contributed by atoms with E-state index in [-0.39, 0.29) is 11.7 Å². The Labute approximate surface area is 173 Å². The van der Waals surface area contributed by atoms with E-state index in [0.717, 1.165) is 49.1 Å². The molecular weight excluding hydrogens is 384 g/mol. The second-order valence-corrected chi connectivity index (χ2v) is 7.62. The van der Waals surface area contributed by atoms with Crippen molar-refractivity contribution in [1.82, 2.24) is 15.3 Å². The first-order valence-electron chi connectivity index (χ1n) is 10.2. The van der Waals surface area contributed by atoms with Crippen LogP contribution in [0.5, 0.6) is 5.88 Å². The third kappa shape index (κ3) is 3.59. The summed E-state index contributed by atoms with van der Waals surface area (Å²) in [6, 6.07) is 9.43. The van der Waals surface area contributed by atoms with Crippen LogP contribution < -0.4 is 10.1 Å². The molecule has 1 aliphatic carbocycles. The van der Waals surface area contributed by atoms with Crippen LogP contribution in [0.1, 0.15) is 29.7 Å². The van der Waals surface area contributed by atoms with Gasteiger partial charge in [0.1, 0.15) is 17.7 Å². The number of piperidine rings is 1. The molecule has 2 aromatic carbocycles. The van der Waals surface area contributed by atoms with Gasteiger partial charge in [-0.05, 0) is 60.7 Å². The zero-order chi connectivity index (χ0) is 20.5. The van der Waals surface area contributed by atoms with E-state index in [1.165, 1.54) is 18.2 Å². The lowest BCUT2D eigenvalue weighted by Gasteiger charge is -2.23. The van der Waals surface area contributed by atoms with Gasteiger partial charge >= 0.3 is 0 Å². The molecule has 1 fully saturated rings. The molecule has 30 heavy (non-hydrogen) atoms. The van der Waals surface area contributed by atoms with Gasteiger partial charge in [0.15, 0.2) is 0 Å². The highest BCUT2D eigenvalue weighted by Gasteiger charge is 2.21. The maximum absolute atomic E-state index is 14.3. The summed E-state index contributed by atoms with van der Waals surface area (Å²) in [7, 11) is 0. The minimum atomic E-state index is -0.574. The van der Waals surface area contributed by atoms with Crippen molar-refractivity contribution in [3.8, 4) is 17.0 Å². The molecule has 0 spiro atoms. The minimum absolute atomic E-state index is 0.0143. The summed E-state index contributed by atoms with van der Waals surface area (Å²) >= 11 is 0. The fourth-order valence-electron chi connectivity index (χ4n) is 4.12. The first-order chi connectivity index (χ1) is 14.7. The minimum Gasteiger partial charge on any atom is -0.472 e. The van der Waals surface area contributed by atoms with Crippen molar-refractivity contribution < 1.29 is 13.5 Å². The maximum Gasteiger partial charge on any atom is 0.233 e. The van der Waals surface area contributed by atoms with E-state index >= 15 is 0 Å². The Bertz CT molecular complexity index is 1100. The molecule has 0 amide bonds. The summed E-state index contributed by atoms with van der Waals surface area (Å²) in [4.78, 5) is 8.96. The summed E-state index contributed by atoms with van der Waals surface area (Å²) in [5.41, 5.74) is 4.10. The van der Waals surface area contributed by atoms with Crippen molar-refractivity contribution in [1.29, 1.82) is 0 Å². The van der Waals surface area contributed by atoms with E-state index in [9.17, 15) is 8.78 Å². The summed E-state index contributed by atoms with van der Waals surface area (Å²) in [6.45, 7) is 1.81. The van der Waals surface area contributed by atoms with Gasteiger partial charge in [-0.1, -0.05) is 24.3 Å². The highest BCUT2D eigenvalue weighted by Crippen LogP contribution is 2.36. The van der Waals surface area contributed by atoms with E-state index in [1.807, 2.05) is 12.1 Å². The van der Waals surface area contributed by atoms with Gasteiger partial charge in [0.2, 0.25) is 5.88 Å². The van der Waals surface area contributed by atoms with Gasteiger partial charge in [0, 0.05) is 12.1 Å². The van der Waals surface area contributed by atoms with Crippen molar-refractivity contribution in [2.45, 2.75) is 25.4 Å². The van der Waals surface area contributed by atoms with Gasteiger partial charge in [0.05, 0.1) is 23.7 Å². The summed E-state index contributed by atoms with van der Waals surface area (Å²) in [6.07, 6.45) is 8.28. The monoisotopic (exact) mass is 405 g/mol. The zero-order valence-electron chi connectivity index (χ0n) is 16.4. The Morgan fingerprint density at radius 2 is 1.93 bits per heavy atom. The van der Waals surface area contributed by atoms with Crippen molar-refractivity contribution in [3.63, 3.8) is 0 Å². The van der Waals surface area contributed by atoms with E-state index < -0.39 is 11.6 Å². The highest BCUT2D eigenvalue weighted by molar-refractivity contribution is 5.85. The predicted octanol–water partition coefficient (Wildman–Crippen LogP) is 4.54. The first kappa shape index (κ1) is 18.9. The maximum atomic E-state index is 14.3. The highest BCUT2D eigenvalue weighted by atomic mass is 19.1. The topological polar surface area (TPSA) is 47.0 Å². The molecule has 4 nitrogen and oxygen atoms in total. The van der Waals surface area contributed by atoms with Crippen LogP contribution in [0, 0.1) is 11.6 Å². The van der Waals surface area contributed by atoms with E-state index in [1.54, 1.807) is 18.5 Å². The molecule has 1 aromatic heterocycles. The van der Waals surface area contributed by atoms with Crippen molar-refractivity contribution in [3.05, 3.63) is 83.3 Å². The lowest BCUT2D eigenvalue weighted by molar-refractivity contribution is 0.159. The number of nitrogens with zero attached hydrogens (tertiary/aromatic N) is 2. The van der Waals surface area contributed by atoms with Gasteiger partial charge < -0.3 is 10.1 Å². The average molecular weight is 405 g/mol. The quantitative estimate of drug-likeness (QED) is 0.692. The summed E-state index contributed by atoms with van der Waals surface area (Å²) in [5, 5.41) is 3.32. The molecule has 5 rings (SSSR count). The van der Waals surface area contributed by atoms with Gasteiger partial charge in [0.25, 0.3) is 0 Å². The Hall–Kier alpha value is -3.12. The van der Waals surface area contributed by atoms with Crippen LogP contribution in [0.3, 0.4) is 0 Å². The molecule has 2 aliphatic rings. The largest absolute Gasteiger partial charge is 0.472 e. The number of benzene rings is 2. The molecule has 2 heterocycles. The lowest BCUT2D eigenvalue weighted by atomic mass is 9.96. The Balaban J connectivity index is 1.47. The fraction of sp³-hybridized carbons (Fsp3) is 0.250. The molecule has 6 heteroatoms. The van der Waals surface area contributed by atoms with Crippen molar-refractivity contribution >= 4 is 5.57 Å². The predicted molar refractivity (Wildman–Crippen MR) is 111 cm³/mol. The van der Waals surface area contributed by atoms with Gasteiger partial charge in [-0.3, -0.25) is 4.98 Å². The molecule has 152 valence electrons. The second kappa shape index (κ2) is 7.95. The average Bonchev–Trinajstić information content (AvgIpc) is 3.18. The molecule has 0 saturated carbocycles. The number of aromatic nitrogens is 2. The van der Waals surface area contributed by atoms with Crippen LogP contribution in [0.2, 0.25) is 0 Å². The smallest absolute Gasteiger partial charge is 0.233 e. The van der Waals surface area contributed by atoms with Gasteiger partial charge in [-0.25, -0.2) is 13.8 Å². The van der Waals surface area contributed by atoms with Crippen LogP contribution in [0.4, 0.5) is 8.78 Å². The molecule has 0 unspecified atom stereocenters. The SMILES string of the molecule is Fc1cccc(F)c1-c1ccc2c(c1)C(c1cncc(O[C@@H]3CCCNC3)n1)=CC2. The number of allylic oxidation sites excluding steroid dienone is 1. The Kier molecular flexibility index (Phi) is 5.01. The molecule has 0 bridgehead atoms. The van der Waals surface area contributed by atoms with E-state index in [2.05, 4.69) is 21.4 Å². The van der Waals surface area contributed by atoms with Crippen LogP contribution in [-0.4, -0.2) is 29.2 Å². The normalized spacial score (nSPS) is 18.1. The van der Waals surface area contributed by atoms with Gasteiger partial charge in [-0.2, -0.15) is 0 Å². The van der Waals surface area contributed by atoms with Crippen LogP contribution in [0.25, 0.3) is 16.7 Å². The molecule has 1 aliphatic heterocycles. The number of nitrogens with one attached hydrogen (secondary N) is 1. The number of fused-ring (bicyclic) bond motifs is 1. The third-order valence-electron chi connectivity index (χ3n) is 5.61. The molecule has 1 saturated heterocycles. The molecule has 0 radical (unpaired) electrons. The van der Waals surface area contributed by atoms with E-state index in [0.29, 0.717) is 17.1 Å². The fourth-order valence-corrected chi connectivity index (χ4v) is 4.12. The van der Waals surface area contributed by atoms with Crippen molar-refractivity contribution in [2.24, 2.45) is 0 Å². The number of ether oxygens (including phenoxy) is 1. The van der Waals surface area contributed by atoms with Crippen LogP contribution >= 0.6 is 0 Å². The standard InChI is InChI=1S/C24H21F2N3O/c25-20-4-1-5-21(26)24(20)16-7-6-15-8-9-18(19(15)11-16)22-13-28-14-23(29-22)30-17-3-2-10-27-12-17/h1,4-7,9,11,13-14,17,27H,2-3,8,10,12H2/t17-/m1/s1. The molecular formula is C24H21F2N3O. The molecule has 3 aromatic rings. The summed E-state index contributed by atoms with van der Waals surface area (Å²) < 4.78 is 34.6. The van der Waals surface area contributed by atoms with Gasteiger partial charge in [-0.15, -0.1) is 0 Å². The second-order valence-electron chi connectivity index (χ2n) is 7.62. The van der Waals surface area contributed by atoms with Crippen molar-refractivity contribution in [2.75, 3.05) is 13.1 Å². The number of halogens is 2. The number of hydrogen-bond acceptors (Lipinski definition) is 4. The van der Waals surface area contributed by atoms with Crippen LogP contribution in [-0.2, 0) is 6.42 Å². The molecule has 1 atom stereocenters. The number of rotatable bonds is 4. The Morgan fingerprint density at radius 1 is 1.07 bits per heavy atom.